The van der Waals surface area contributed by atoms with Gasteiger partial charge in [0.05, 0.1) is 11.7 Å². The van der Waals surface area contributed by atoms with Crippen LogP contribution >= 0.6 is 0 Å². The van der Waals surface area contributed by atoms with Gasteiger partial charge in [-0.1, -0.05) is 24.3 Å². The van der Waals surface area contributed by atoms with Crippen LogP contribution in [0.2, 0.25) is 0 Å². The number of imidazole rings is 1. The minimum Gasteiger partial charge on any atom is -0.444 e. The quantitative estimate of drug-likeness (QED) is 0.202. The minimum absolute atomic E-state index is 0. The molecule has 0 bridgehead atoms. The van der Waals surface area contributed by atoms with E-state index >= 15 is 0 Å². The van der Waals surface area contributed by atoms with E-state index in [1.165, 1.54) is 6.92 Å². The van der Waals surface area contributed by atoms with Crippen molar-refractivity contribution in [2.24, 2.45) is 5.34 Å². The van der Waals surface area contributed by atoms with Crippen molar-refractivity contribution < 1.29 is 43.7 Å². The number of hydrogen-bond acceptors (Lipinski definition) is 11. The van der Waals surface area contributed by atoms with Crippen LogP contribution in [0.3, 0.4) is 0 Å². The van der Waals surface area contributed by atoms with Gasteiger partial charge in [-0.2, -0.15) is 0 Å². The molecule has 36 heavy (non-hydrogen) atoms. The molecule has 5 aromatic rings. The van der Waals surface area contributed by atoms with Gasteiger partial charge in [0.1, 0.15) is 11.3 Å². The van der Waals surface area contributed by atoms with Crippen LogP contribution in [0.5, 0.6) is 11.6 Å². The Morgan fingerprint density at radius 1 is 1.14 bits per heavy atom. The number of benzene rings is 2. The molecular formula is C22H17N8NaO5. The molecule has 0 unspecified atom stereocenters. The van der Waals surface area contributed by atoms with Crippen LogP contribution in [0, 0.1) is 10.1 Å². The largest absolute Gasteiger partial charge is 1.00 e. The van der Waals surface area contributed by atoms with Crippen molar-refractivity contribution in [2.45, 2.75) is 6.92 Å². The third-order valence-electron chi connectivity index (χ3n) is 4.63. The molecule has 0 saturated heterocycles. The number of anilines is 2. The first-order valence-corrected chi connectivity index (χ1v) is 10.0. The Labute approximate surface area is 225 Å². The summed E-state index contributed by atoms with van der Waals surface area (Å²) >= 11 is 0. The fraction of sp³-hybridized carbons (Fsp3) is 0.0455. The van der Waals surface area contributed by atoms with Crippen LogP contribution < -0.4 is 45.3 Å². The molecule has 0 spiro atoms. The molecule has 0 fully saturated rings. The Morgan fingerprint density at radius 3 is 2.56 bits per heavy atom. The molecule has 13 nitrogen and oxygen atoms in total. The van der Waals surface area contributed by atoms with Crippen LogP contribution in [-0.2, 0) is 4.79 Å². The number of ether oxygens (including phenoxy) is 1. The molecule has 14 heteroatoms. The predicted octanol–water partition coefficient (Wildman–Crippen LogP) is 1.06. The van der Waals surface area contributed by atoms with E-state index in [2.05, 4.69) is 25.6 Å². The van der Waals surface area contributed by atoms with E-state index in [1.54, 1.807) is 36.5 Å². The number of nitrogens with zero attached hydrogens (tertiary/aromatic N) is 6. The first kappa shape index (κ1) is 26.3. The van der Waals surface area contributed by atoms with Gasteiger partial charge in [0.15, 0.2) is 17.3 Å². The van der Waals surface area contributed by atoms with E-state index in [9.17, 15) is 4.79 Å². The number of nitrogens with one attached hydrogen (secondary N) is 1. The van der Waals surface area contributed by atoms with Gasteiger partial charge in [0.2, 0.25) is 11.8 Å². The van der Waals surface area contributed by atoms with Crippen molar-refractivity contribution in [3.8, 4) is 28.8 Å². The van der Waals surface area contributed by atoms with Crippen molar-refractivity contribution in [2.75, 3.05) is 11.1 Å². The maximum absolute atomic E-state index is 11.3. The topological polar surface area (TPSA) is 186 Å². The summed E-state index contributed by atoms with van der Waals surface area (Å²) in [6, 6.07) is 18.5. The fourth-order valence-electron chi connectivity index (χ4n) is 3.33. The molecule has 2 aromatic carbocycles. The number of pyridine rings is 1. The smallest absolute Gasteiger partial charge is 0.444 e. The molecule has 0 radical (unpaired) electrons. The van der Waals surface area contributed by atoms with Crippen LogP contribution in [0.25, 0.3) is 28.2 Å². The van der Waals surface area contributed by atoms with Crippen LogP contribution in [-0.4, -0.2) is 30.8 Å². The van der Waals surface area contributed by atoms with Crippen LogP contribution in [0.1, 0.15) is 6.92 Å². The van der Waals surface area contributed by atoms with Crippen molar-refractivity contribution in [3.05, 3.63) is 77.0 Å². The first-order valence-electron chi connectivity index (χ1n) is 10.0. The molecule has 3 N–H and O–H groups in total. The van der Waals surface area contributed by atoms with Gasteiger partial charge in [-0.05, 0) is 34.6 Å². The third kappa shape index (κ3) is 5.83. The van der Waals surface area contributed by atoms with Gasteiger partial charge in [0, 0.05) is 30.4 Å². The Morgan fingerprint density at radius 2 is 1.89 bits per heavy atom. The number of nitrogen functional groups attached to an aromatic ring is 1. The summed E-state index contributed by atoms with van der Waals surface area (Å²) in [5.74, 6) is 1.32. The maximum atomic E-state index is 11.3. The number of carbonyl (C=O) groups excluding carboxylic acids is 1. The maximum Gasteiger partial charge on any atom is 1.00 e. The van der Waals surface area contributed by atoms with Crippen molar-refractivity contribution in [1.29, 1.82) is 0 Å². The fourth-order valence-corrected chi connectivity index (χ4v) is 3.33. The third-order valence-corrected chi connectivity index (χ3v) is 4.63. The average molecular weight is 496 g/mol. The SMILES string of the molecule is CC(=O)Nc1cccc(Oc2cc3c(cn2)nc(-c2nonc2N)n3-c2ccccc2)c1.O=N[O-].[Na+]. The Balaban J connectivity index is 0.000000861. The minimum atomic E-state index is -0.164. The Kier molecular flexibility index (Phi) is 8.67. The molecule has 1 amide bonds. The molecule has 0 atom stereocenters. The van der Waals surface area contributed by atoms with Gasteiger partial charge in [0.25, 0.3) is 0 Å². The molecule has 176 valence electrons. The molecule has 0 aliphatic rings. The van der Waals surface area contributed by atoms with Crippen molar-refractivity contribution >= 4 is 28.4 Å². The summed E-state index contributed by atoms with van der Waals surface area (Å²) in [4.78, 5) is 28.3. The van der Waals surface area contributed by atoms with E-state index in [0.29, 0.717) is 34.4 Å². The molecule has 5 rings (SSSR count). The van der Waals surface area contributed by atoms with Crippen LogP contribution in [0.4, 0.5) is 11.5 Å². The normalized spacial score (nSPS) is 10.0. The summed E-state index contributed by atoms with van der Waals surface area (Å²) < 4.78 is 12.6. The summed E-state index contributed by atoms with van der Waals surface area (Å²) in [5.41, 5.74) is 9.08. The Bertz CT molecular complexity index is 1490. The number of carbonyl (C=O) groups is 1. The van der Waals surface area contributed by atoms with Gasteiger partial charge in [-0.15, -0.1) is 5.34 Å². The molecule has 3 heterocycles. The Hall–Kier alpha value is -4.33. The molecule has 0 saturated carbocycles. The summed E-state index contributed by atoms with van der Waals surface area (Å²) in [6.07, 6.45) is 1.61. The van der Waals surface area contributed by atoms with Gasteiger partial charge in [-0.3, -0.25) is 9.36 Å². The van der Waals surface area contributed by atoms with E-state index in [-0.39, 0.29) is 41.3 Å². The predicted molar refractivity (Wildman–Crippen MR) is 127 cm³/mol. The summed E-state index contributed by atoms with van der Waals surface area (Å²) in [6.45, 7) is 1.45. The van der Waals surface area contributed by atoms with Gasteiger partial charge in [-0.25, -0.2) is 14.6 Å². The summed E-state index contributed by atoms with van der Waals surface area (Å²) in [7, 11) is 0. The molecular weight excluding hydrogens is 479 g/mol. The number of aromatic nitrogens is 5. The van der Waals surface area contributed by atoms with Gasteiger partial charge >= 0.3 is 29.6 Å². The number of amides is 1. The zero-order chi connectivity index (χ0) is 24.8. The molecule has 3 aromatic heterocycles. The van der Waals surface area contributed by atoms with E-state index in [1.807, 2.05) is 34.9 Å². The molecule has 0 aliphatic heterocycles. The number of para-hydroxylation sites is 1. The second-order valence-corrected chi connectivity index (χ2v) is 7.00. The van der Waals surface area contributed by atoms with Crippen molar-refractivity contribution in [3.63, 3.8) is 0 Å². The zero-order valence-electron chi connectivity index (χ0n) is 19.2. The van der Waals surface area contributed by atoms with E-state index in [0.717, 1.165) is 16.5 Å². The number of hydrogen-bond donors (Lipinski definition) is 2. The monoisotopic (exact) mass is 496 g/mol. The van der Waals surface area contributed by atoms with Crippen LogP contribution in [0.15, 0.2) is 76.8 Å². The van der Waals surface area contributed by atoms with Crippen molar-refractivity contribution in [1.82, 2.24) is 24.8 Å². The standard InChI is InChI=1S/C22H17N7O3.HNO2.Na/c1-13(30)25-14-6-5-9-16(10-14)31-19-11-18-17(12-24-19)26-22(20-21(23)28-32-27-20)29(18)15-7-3-2-4-8-15;2-1-3;/h2-12H,1H3,(H2,23,28)(H,25,30);(H,2,3);/q;;+1/p-1. The number of fused-ring (bicyclic) bond motifs is 1. The number of nitrogens with two attached hydrogens (primary N) is 1. The average Bonchev–Trinajstić information content (AvgIpc) is 3.42. The van der Waals surface area contributed by atoms with Gasteiger partial charge < -0.3 is 25.9 Å². The second kappa shape index (κ2) is 11.9. The zero-order valence-corrected chi connectivity index (χ0v) is 21.2. The number of rotatable bonds is 5. The first-order chi connectivity index (χ1) is 17.0. The molecule has 0 aliphatic carbocycles. The second-order valence-electron chi connectivity index (χ2n) is 7.00. The summed E-state index contributed by atoms with van der Waals surface area (Å²) in [5, 5.41) is 19.3. The van der Waals surface area contributed by atoms with E-state index in [4.69, 9.17) is 25.2 Å². The van der Waals surface area contributed by atoms with E-state index < -0.39 is 0 Å².